The second kappa shape index (κ2) is 9.06. The van der Waals surface area contributed by atoms with Gasteiger partial charge in [-0.1, -0.05) is 6.07 Å². The molecule has 0 amide bonds. The molecule has 5 rings (SSSR count). The van der Waals surface area contributed by atoms with E-state index < -0.39 is 0 Å². The molecule has 4 aromatic rings. The molecule has 0 atom stereocenters. The molecule has 0 spiro atoms. The minimum atomic E-state index is 0.678. The molecule has 2 N–H and O–H groups in total. The summed E-state index contributed by atoms with van der Waals surface area (Å²) in [5.74, 6) is 1.68. The molecule has 7 nitrogen and oxygen atoms in total. The van der Waals surface area contributed by atoms with Gasteiger partial charge in [0.2, 0.25) is 0 Å². The number of hydrogen-bond donors (Lipinski definition) is 2. The molecule has 0 radical (unpaired) electrons. The number of aryl methyl sites for hydroxylation is 1. The van der Waals surface area contributed by atoms with E-state index >= 15 is 0 Å². The average Bonchev–Trinajstić information content (AvgIpc) is 3.21. The van der Waals surface area contributed by atoms with Gasteiger partial charge in [0, 0.05) is 62.3 Å². The van der Waals surface area contributed by atoms with Crippen molar-refractivity contribution in [1.29, 1.82) is 0 Å². The highest BCUT2D eigenvalue weighted by molar-refractivity contribution is 5.83. The highest BCUT2D eigenvalue weighted by Crippen LogP contribution is 2.31. The molecular formula is C25H28N6O. The zero-order valence-electron chi connectivity index (χ0n) is 18.6. The van der Waals surface area contributed by atoms with E-state index in [-0.39, 0.29) is 0 Å². The summed E-state index contributed by atoms with van der Waals surface area (Å²) >= 11 is 0. The Morgan fingerprint density at radius 3 is 2.78 bits per heavy atom. The fourth-order valence-corrected chi connectivity index (χ4v) is 4.27. The van der Waals surface area contributed by atoms with Crippen LogP contribution < -0.4 is 10.1 Å². The third kappa shape index (κ3) is 4.49. The molecule has 4 heterocycles. The molecule has 164 valence electrons. The Kier molecular flexibility index (Phi) is 5.83. The minimum Gasteiger partial charge on any atom is -0.494 e. The van der Waals surface area contributed by atoms with Crippen LogP contribution in [0.25, 0.3) is 22.2 Å². The second-order valence-electron chi connectivity index (χ2n) is 8.30. The quantitative estimate of drug-likeness (QED) is 0.490. The number of fused-ring (bicyclic) bond motifs is 1. The van der Waals surface area contributed by atoms with Crippen molar-refractivity contribution in [3.05, 3.63) is 71.6 Å². The maximum absolute atomic E-state index is 5.51. The lowest BCUT2D eigenvalue weighted by molar-refractivity contribution is 0.233. The molecule has 0 aliphatic carbocycles. The molecule has 1 aliphatic heterocycles. The van der Waals surface area contributed by atoms with Crippen LogP contribution in [0.1, 0.15) is 22.8 Å². The zero-order valence-corrected chi connectivity index (χ0v) is 18.6. The number of hydrogen-bond acceptors (Lipinski definition) is 6. The van der Waals surface area contributed by atoms with Crippen LogP contribution in [0.4, 0.5) is 0 Å². The van der Waals surface area contributed by atoms with Crippen molar-refractivity contribution in [2.24, 2.45) is 0 Å². The number of benzene rings is 1. The lowest BCUT2D eigenvalue weighted by Gasteiger charge is -2.27. The van der Waals surface area contributed by atoms with Crippen LogP contribution in [-0.4, -0.2) is 58.1 Å². The summed E-state index contributed by atoms with van der Waals surface area (Å²) in [6, 6.07) is 12.6. The van der Waals surface area contributed by atoms with Crippen molar-refractivity contribution >= 4 is 11.0 Å². The Morgan fingerprint density at radius 2 is 1.94 bits per heavy atom. The number of methoxy groups -OCH3 is 1. The van der Waals surface area contributed by atoms with Gasteiger partial charge < -0.3 is 15.0 Å². The monoisotopic (exact) mass is 428 g/mol. The Labute approximate surface area is 187 Å². The first-order chi connectivity index (χ1) is 15.7. The molecular weight excluding hydrogens is 400 g/mol. The minimum absolute atomic E-state index is 0.678. The summed E-state index contributed by atoms with van der Waals surface area (Å²) in [6.45, 7) is 7.25. The first-order valence-electron chi connectivity index (χ1n) is 11.0. The Morgan fingerprint density at radius 1 is 1.06 bits per heavy atom. The summed E-state index contributed by atoms with van der Waals surface area (Å²) in [5, 5.41) is 3.40. The van der Waals surface area contributed by atoms with Crippen molar-refractivity contribution in [1.82, 2.24) is 30.2 Å². The van der Waals surface area contributed by atoms with E-state index in [1.807, 2.05) is 25.3 Å². The second-order valence-corrected chi connectivity index (χ2v) is 8.30. The van der Waals surface area contributed by atoms with Gasteiger partial charge in [-0.2, -0.15) is 0 Å². The third-order valence-electron chi connectivity index (χ3n) is 5.91. The van der Waals surface area contributed by atoms with Crippen LogP contribution in [-0.2, 0) is 13.0 Å². The zero-order chi connectivity index (χ0) is 21.9. The molecule has 0 unspecified atom stereocenters. The van der Waals surface area contributed by atoms with E-state index in [0.29, 0.717) is 6.42 Å². The first-order valence-corrected chi connectivity index (χ1v) is 11.0. The molecule has 1 fully saturated rings. The van der Waals surface area contributed by atoms with Crippen molar-refractivity contribution in [2.75, 3.05) is 33.3 Å². The predicted octanol–water partition coefficient (Wildman–Crippen LogP) is 3.33. The van der Waals surface area contributed by atoms with Gasteiger partial charge >= 0.3 is 0 Å². The van der Waals surface area contributed by atoms with Crippen LogP contribution in [0.3, 0.4) is 0 Å². The fraction of sp³-hybridized carbons (Fsp3) is 0.320. The maximum Gasteiger partial charge on any atom is 0.144 e. The number of H-pyrrole nitrogens is 1. The van der Waals surface area contributed by atoms with Gasteiger partial charge in [-0.3, -0.25) is 14.9 Å². The number of nitrogens with zero attached hydrogens (tertiary/aromatic N) is 4. The van der Waals surface area contributed by atoms with Gasteiger partial charge in [-0.05, 0) is 48.4 Å². The number of pyridine rings is 2. The van der Waals surface area contributed by atoms with Gasteiger partial charge in [-0.25, -0.2) is 4.98 Å². The van der Waals surface area contributed by atoms with E-state index in [0.717, 1.165) is 77.8 Å². The largest absolute Gasteiger partial charge is 0.494 e. The fourth-order valence-electron chi connectivity index (χ4n) is 4.27. The number of aromatic amines is 1. The molecule has 3 aromatic heterocycles. The summed E-state index contributed by atoms with van der Waals surface area (Å²) in [4.78, 5) is 19.7. The Balaban J connectivity index is 1.37. The molecule has 0 saturated carbocycles. The maximum atomic E-state index is 5.51. The molecule has 7 heteroatoms. The molecule has 1 aliphatic rings. The number of imidazole rings is 1. The van der Waals surface area contributed by atoms with Crippen molar-refractivity contribution in [3.8, 4) is 16.9 Å². The standard InChI is InChI=1S/C25H28N6O/c1-17-11-21(24(32-2)15-28-17)19-3-4-22-23(13-19)30-25(29-22)14-20-12-18(5-6-27-20)16-31-9-7-26-8-10-31/h3-6,11-13,15,26H,7-10,14,16H2,1-2H3,(H,29,30). The van der Waals surface area contributed by atoms with E-state index in [2.05, 4.69) is 49.4 Å². The number of ether oxygens (including phenoxy) is 1. The van der Waals surface area contributed by atoms with E-state index in [1.165, 1.54) is 5.56 Å². The van der Waals surface area contributed by atoms with Crippen LogP contribution >= 0.6 is 0 Å². The van der Waals surface area contributed by atoms with Gasteiger partial charge in [-0.15, -0.1) is 0 Å². The molecule has 1 saturated heterocycles. The molecule has 32 heavy (non-hydrogen) atoms. The highest BCUT2D eigenvalue weighted by Gasteiger charge is 2.12. The van der Waals surface area contributed by atoms with Crippen LogP contribution in [0.2, 0.25) is 0 Å². The van der Waals surface area contributed by atoms with Crippen LogP contribution in [0.15, 0.2) is 48.8 Å². The molecule has 1 aromatic carbocycles. The van der Waals surface area contributed by atoms with Gasteiger partial charge in [0.25, 0.3) is 0 Å². The number of rotatable bonds is 6. The van der Waals surface area contributed by atoms with E-state index in [9.17, 15) is 0 Å². The molecule has 0 bridgehead atoms. The number of piperazine rings is 1. The summed E-state index contributed by atoms with van der Waals surface area (Å²) < 4.78 is 5.51. The van der Waals surface area contributed by atoms with Crippen LogP contribution in [0, 0.1) is 6.92 Å². The third-order valence-corrected chi connectivity index (χ3v) is 5.91. The first kappa shape index (κ1) is 20.6. The van der Waals surface area contributed by atoms with Gasteiger partial charge in [0.15, 0.2) is 0 Å². The van der Waals surface area contributed by atoms with E-state index in [1.54, 1.807) is 13.3 Å². The van der Waals surface area contributed by atoms with Gasteiger partial charge in [0.05, 0.1) is 24.3 Å². The summed E-state index contributed by atoms with van der Waals surface area (Å²) in [6.07, 6.45) is 4.36. The van der Waals surface area contributed by atoms with Gasteiger partial charge in [0.1, 0.15) is 11.6 Å². The number of aromatic nitrogens is 4. The van der Waals surface area contributed by atoms with Crippen molar-refractivity contribution < 1.29 is 4.74 Å². The van der Waals surface area contributed by atoms with Crippen LogP contribution in [0.5, 0.6) is 5.75 Å². The summed E-state index contributed by atoms with van der Waals surface area (Å²) in [7, 11) is 1.67. The topological polar surface area (TPSA) is 79.0 Å². The highest BCUT2D eigenvalue weighted by atomic mass is 16.5. The Bertz CT molecular complexity index is 1230. The normalized spacial score (nSPS) is 14.7. The lowest BCUT2D eigenvalue weighted by atomic mass is 10.0. The average molecular weight is 429 g/mol. The smallest absolute Gasteiger partial charge is 0.144 e. The SMILES string of the molecule is COc1cnc(C)cc1-c1ccc2nc(Cc3cc(CN4CCNCC4)ccn3)[nH]c2c1. The lowest BCUT2D eigenvalue weighted by Crippen LogP contribution is -2.42. The predicted molar refractivity (Wildman–Crippen MR) is 126 cm³/mol. The number of nitrogens with one attached hydrogen (secondary N) is 2. The van der Waals surface area contributed by atoms with E-state index in [4.69, 9.17) is 9.72 Å². The summed E-state index contributed by atoms with van der Waals surface area (Å²) in [5.41, 5.74) is 7.35. The Hall–Kier alpha value is -3.29. The van der Waals surface area contributed by atoms with Crippen molar-refractivity contribution in [3.63, 3.8) is 0 Å². The van der Waals surface area contributed by atoms with Crippen molar-refractivity contribution in [2.45, 2.75) is 19.9 Å².